The molecule has 1 unspecified atom stereocenters. The number of carbonyl (C=O) groups is 1. The van der Waals surface area contributed by atoms with Gasteiger partial charge in [-0.05, 0) is 90.4 Å². The van der Waals surface area contributed by atoms with E-state index < -0.39 is 0 Å². The van der Waals surface area contributed by atoms with Gasteiger partial charge in [0.2, 0.25) is 0 Å². The SMILES string of the molecule is COc1ccc2c(c1)CCC(NC(=O)c1ccc(Nc3nccc4ccc(OC)cc34)cc1)C2. The third kappa shape index (κ3) is 4.53. The molecule has 1 heterocycles. The molecule has 6 nitrogen and oxygen atoms in total. The summed E-state index contributed by atoms with van der Waals surface area (Å²) in [6.07, 6.45) is 4.46. The Morgan fingerprint density at radius 2 is 1.68 bits per heavy atom. The molecule has 172 valence electrons. The first-order chi connectivity index (χ1) is 16.6. The molecule has 34 heavy (non-hydrogen) atoms. The Hall–Kier alpha value is -4.06. The molecule has 0 saturated heterocycles. The van der Waals surface area contributed by atoms with E-state index in [9.17, 15) is 4.79 Å². The number of rotatable bonds is 6. The minimum atomic E-state index is -0.0541. The zero-order chi connectivity index (χ0) is 23.5. The van der Waals surface area contributed by atoms with Crippen LogP contribution in [-0.4, -0.2) is 31.2 Å². The molecule has 1 aliphatic carbocycles. The number of fused-ring (bicyclic) bond motifs is 2. The summed E-state index contributed by atoms with van der Waals surface area (Å²) in [6, 6.07) is 21.7. The molecule has 1 amide bonds. The van der Waals surface area contributed by atoms with Crippen molar-refractivity contribution in [2.75, 3.05) is 19.5 Å². The number of hydrogen-bond donors (Lipinski definition) is 2. The van der Waals surface area contributed by atoms with Gasteiger partial charge >= 0.3 is 0 Å². The quantitative estimate of drug-likeness (QED) is 0.415. The summed E-state index contributed by atoms with van der Waals surface area (Å²) >= 11 is 0. The van der Waals surface area contributed by atoms with Crippen LogP contribution in [0.25, 0.3) is 10.8 Å². The monoisotopic (exact) mass is 453 g/mol. The third-order valence-corrected chi connectivity index (χ3v) is 6.36. The van der Waals surface area contributed by atoms with Crippen molar-refractivity contribution in [1.82, 2.24) is 10.3 Å². The topological polar surface area (TPSA) is 72.5 Å². The summed E-state index contributed by atoms with van der Waals surface area (Å²) in [5.41, 5.74) is 4.08. The number of benzene rings is 3. The van der Waals surface area contributed by atoms with Crippen molar-refractivity contribution in [3.63, 3.8) is 0 Å². The minimum absolute atomic E-state index is 0.0541. The Balaban J connectivity index is 1.25. The van der Waals surface area contributed by atoms with Crippen LogP contribution < -0.4 is 20.1 Å². The van der Waals surface area contributed by atoms with E-state index in [1.165, 1.54) is 11.1 Å². The minimum Gasteiger partial charge on any atom is -0.497 e. The van der Waals surface area contributed by atoms with Crippen molar-refractivity contribution in [1.29, 1.82) is 0 Å². The number of methoxy groups -OCH3 is 2. The fourth-order valence-corrected chi connectivity index (χ4v) is 4.47. The lowest BCUT2D eigenvalue weighted by atomic mass is 9.88. The molecule has 2 N–H and O–H groups in total. The fraction of sp³-hybridized carbons (Fsp3) is 0.214. The van der Waals surface area contributed by atoms with Gasteiger partial charge in [-0.2, -0.15) is 0 Å². The van der Waals surface area contributed by atoms with Crippen molar-refractivity contribution < 1.29 is 14.3 Å². The lowest BCUT2D eigenvalue weighted by molar-refractivity contribution is 0.0933. The van der Waals surface area contributed by atoms with Crippen LogP contribution in [0.2, 0.25) is 0 Å². The molecule has 1 aliphatic rings. The summed E-state index contributed by atoms with van der Waals surface area (Å²) < 4.78 is 10.7. The number of nitrogens with one attached hydrogen (secondary N) is 2. The van der Waals surface area contributed by atoms with Crippen molar-refractivity contribution >= 4 is 28.2 Å². The highest BCUT2D eigenvalue weighted by Crippen LogP contribution is 2.28. The molecule has 3 aromatic carbocycles. The van der Waals surface area contributed by atoms with Gasteiger partial charge in [0.05, 0.1) is 14.2 Å². The normalized spacial score (nSPS) is 14.8. The maximum Gasteiger partial charge on any atom is 0.251 e. The molecule has 1 atom stereocenters. The Labute approximate surface area is 198 Å². The number of hydrogen-bond acceptors (Lipinski definition) is 5. The van der Waals surface area contributed by atoms with Crippen LogP contribution in [0.4, 0.5) is 11.5 Å². The molecule has 0 aliphatic heterocycles. The first-order valence-corrected chi connectivity index (χ1v) is 11.4. The van der Waals surface area contributed by atoms with Gasteiger partial charge in [0.1, 0.15) is 17.3 Å². The Kier molecular flexibility index (Phi) is 6.04. The lowest BCUT2D eigenvalue weighted by Gasteiger charge is -2.26. The first kappa shape index (κ1) is 21.8. The second-order valence-corrected chi connectivity index (χ2v) is 8.50. The van der Waals surface area contributed by atoms with Crippen LogP contribution >= 0.6 is 0 Å². The van der Waals surface area contributed by atoms with E-state index in [2.05, 4.69) is 27.8 Å². The zero-order valence-corrected chi connectivity index (χ0v) is 19.3. The molecule has 0 saturated carbocycles. The van der Waals surface area contributed by atoms with E-state index in [-0.39, 0.29) is 11.9 Å². The van der Waals surface area contributed by atoms with Crippen LogP contribution in [0.5, 0.6) is 11.5 Å². The molecule has 0 radical (unpaired) electrons. The highest BCUT2D eigenvalue weighted by molar-refractivity contribution is 5.96. The number of amides is 1. The second-order valence-electron chi connectivity index (χ2n) is 8.50. The van der Waals surface area contributed by atoms with Crippen LogP contribution in [0.3, 0.4) is 0 Å². The molecule has 0 bridgehead atoms. The van der Waals surface area contributed by atoms with E-state index in [1.807, 2.05) is 54.6 Å². The van der Waals surface area contributed by atoms with E-state index in [0.29, 0.717) is 5.56 Å². The van der Waals surface area contributed by atoms with E-state index >= 15 is 0 Å². The van der Waals surface area contributed by atoms with E-state index in [0.717, 1.165) is 53.0 Å². The highest BCUT2D eigenvalue weighted by Gasteiger charge is 2.21. The average molecular weight is 454 g/mol. The number of aryl methyl sites for hydroxylation is 1. The molecule has 0 fully saturated rings. The Morgan fingerprint density at radius 1 is 0.912 bits per heavy atom. The van der Waals surface area contributed by atoms with Crippen LogP contribution in [0, 0.1) is 0 Å². The smallest absolute Gasteiger partial charge is 0.251 e. The standard InChI is InChI=1S/C28H27N3O3/c1-33-24-12-7-20-15-23(10-5-21(20)16-24)31-28(32)19-3-8-22(9-4-19)30-27-26-17-25(34-2)11-6-18(26)13-14-29-27/h3-4,6-9,11-14,16-17,23H,5,10,15H2,1-2H3,(H,29,30)(H,31,32). The summed E-state index contributed by atoms with van der Waals surface area (Å²) in [4.78, 5) is 17.4. The summed E-state index contributed by atoms with van der Waals surface area (Å²) in [7, 11) is 3.34. The number of nitrogens with zero attached hydrogens (tertiary/aromatic N) is 1. The third-order valence-electron chi connectivity index (χ3n) is 6.36. The van der Waals surface area contributed by atoms with Crippen molar-refractivity contribution in [2.45, 2.75) is 25.3 Å². The Morgan fingerprint density at radius 3 is 2.47 bits per heavy atom. The van der Waals surface area contributed by atoms with Gasteiger partial charge in [-0.1, -0.05) is 12.1 Å². The van der Waals surface area contributed by atoms with Gasteiger partial charge in [0, 0.05) is 28.9 Å². The molecule has 0 spiro atoms. The average Bonchev–Trinajstić information content (AvgIpc) is 2.88. The van der Waals surface area contributed by atoms with Crippen molar-refractivity contribution in [3.8, 4) is 11.5 Å². The van der Waals surface area contributed by atoms with Gasteiger partial charge in [0.25, 0.3) is 5.91 Å². The van der Waals surface area contributed by atoms with Crippen molar-refractivity contribution in [2.24, 2.45) is 0 Å². The molecule has 4 aromatic rings. The van der Waals surface area contributed by atoms with Crippen LogP contribution in [0.15, 0.2) is 72.9 Å². The number of ether oxygens (including phenoxy) is 2. The second kappa shape index (κ2) is 9.43. The number of anilines is 2. The lowest BCUT2D eigenvalue weighted by Crippen LogP contribution is -2.38. The summed E-state index contributed by atoms with van der Waals surface area (Å²) in [5.74, 6) is 2.35. The molecular weight excluding hydrogens is 426 g/mol. The maximum atomic E-state index is 12.9. The predicted octanol–water partition coefficient (Wildman–Crippen LogP) is 5.28. The van der Waals surface area contributed by atoms with Gasteiger partial charge < -0.3 is 20.1 Å². The fourth-order valence-electron chi connectivity index (χ4n) is 4.47. The Bertz CT molecular complexity index is 1330. The number of pyridine rings is 1. The molecule has 5 rings (SSSR count). The maximum absolute atomic E-state index is 12.9. The first-order valence-electron chi connectivity index (χ1n) is 11.4. The number of carbonyl (C=O) groups excluding carboxylic acids is 1. The van der Waals surface area contributed by atoms with Crippen LogP contribution in [0.1, 0.15) is 27.9 Å². The summed E-state index contributed by atoms with van der Waals surface area (Å²) in [6.45, 7) is 0. The van der Waals surface area contributed by atoms with Crippen molar-refractivity contribution in [3.05, 3.63) is 89.6 Å². The molecule has 1 aromatic heterocycles. The predicted molar refractivity (Wildman–Crippen MR) is 134 cm³/mol. The van der Waals surface area contributed by atoms with E-state index in [4.69, 9.17) is 9.47 Å². The highest BCUT2D eigenvalue weighted by atomic mass is 16.5. The zero-order valence-electron chi connectivity index (χ0n) is 19.3. The molecular formula is C28H27N3O3. The van der Waals surface area contributed by atoms with Gasteiger partial charge in [-0.3, -0.25) is 4.79 Å². The van der Waals surface area contributed by atoms with Gasteiger partial charge in [-0.25, -0.2) is 4.98 Å². The van der Waals surface area contributed by atoms with Crippen LogP contribution in [-0.2, 0) is 12.8 Å². The van der Waals surface area contributed by atoms with E-state index in [1.54, 1.807) is 20.4 Å². The summed E-state index contributed by atoms with van der Waals surface area (Å²) in [5, 5.41) is 8.59. The van der Waals surface area contributed by atoms with Gasteiger partial charge in [0.15, 0.2) is 0 Å². The number of aromatic nitrogens is 1. The molecule has 6 heteroatoms. The largest absolute Gasteiger partial charge is 0.497 e. The van der Waals surface area contributed by atoms with Gasteiger partial charge in [-0.15, -0.1) is 0 Å².